The Morgan fingerprint density at radius 3 is 2.67 bits per heavy atom. The highest BCUT2D eigenvalue weighted by Gasteiger charge is 2.50. The molecule has 0 N–H and O–H groups in total. The largest absolute Gasteiger partial charge is 0.489 e. The SMILES string of the molecule is O=[N+]([O-])[C@@H]1C[C@H]1c1ccc(Cl)cc1OCc1ccccc1. The number of hydrogen-bond donors (Lipinski definition) is 0. The summed E-state index contributed by atoms with van der Waals surface area (Å²) in [6.45, 7) is 0.421. The van der Waals surface area contributed by atoms with E-state index in [2.05, 4.69) is 0 Å². The maximum absolute atomic E-state index is 10.8. The zero-order valence-electron chi connectivity index (χ0n) is 11.2. The molecule has 108 valence electrons. The zero-order chi connectivity index (χ0) is 14.8. The Balaban J connectivity index is 1.78. The summed E-state index contributed by atoms with van der Waals surface area (Å²) in [6.07, 6.45) is 0.566. The highest BCUT2D eigenvalue weighted by atomic mass is 35.5. The number of rotatable bonds is 5. The molecule has 1 aliphatic carbocycles. The molecule has 1 saturated carbocycles. The molecule has 21 heavy (non-hydrogen) atoms. The lowest BCUT2D eigenvalue weighted by Crippen LogP contribution is -2.04. The Hall–Kier alpha value is -2.07. The first-order valence-electron chi connectivity index (χ1n) is 6.75. The van der Waals surface area contributed by atoms with Crippen LogP contribution >= 0.6 is 11.6 Å². The van der Waals surface area contributed by atoms with Crippen molar-refractivity contribution in [3.05, 3.63) is 74.8 Å². The van der Waals surface area contributed by atoms with E-state index in [-0.39, 0.29) is 10.8 Å². The van der Waals surface area contributed by atoms with Crippen LogP contribution in [0.15, 0.2) is 48.5 Å². The summed E-state index contributed by atoms with van der Waals surface area (Å²) in [6, 6.07) is 14.6. The highest BCUT2D eigenvalue weighted by Crippen LogP contribution is 2.47. The molecule has 5 heteroatoms. The van der Waals surface area contributed by atoms with Gasteiger partial charge in [0, 0.05) is 21.9 Å². The van der Waals surface area contributed by atoms with Crippen molar-refractivity contribution in [2.45, 2.75) is 25.0 Å². The quantitative estimate of drug-likeness (QED) is 0.618. The topological polar surface area (TPSA) is 52.4 Å². The summed E-state index contributed by atoms with van der Waals surface area (Å²) in [5.74, 6) is 0.573. The maximum atomic E-state index is 10.8. The van der Waals surface area contributed by atoms with Gasteiger partial charge in [0.15, 0.2) is 0 Å². The minimum Gasteiger partial charge on any atom is -0.489 e. The molecule has 3 rings (SSSR count). The van der Waals surface area contributed by atoms with Crippen molar-refractivity contribution in [1.82, 2.24) is 0 Å². The Morgan fingerprint density at radius 1 is 1.24 bits per heavy atom. The van der Waals surface area contributed by atoms with Crippen LogP contribution in [0, 0.1) is 10.1 Å². The Labute approximate surface area is 127 Å². The minimum atomic E-state index is -0.495. The summed E-state index contributed by atoms with van der Waals surface area (Å²) in [4.78, 5) is 10.6. The van der Waals surface area contributed by atoms with Gasteiger partial charge in [-0.15, -0.1) is 0 Å². The summed E-state index contributed by atoms with van der Waals surface area (Å²) >= 11 is 6.01. The molecule has 0 radical (unpaired) electrons. The summed E-state index contributed by atoms with van der Waals surface area (Å²) in [5, 5.41) is 11.4. The van der Waals surface area contributed by atoms with Crippen LogP contribution in [0.25, 0.3) is 0 Å². The average Bonchev–Trinajstić information content (AvgIpc) is 3.27. The van der Waals surface area contributed by atoms with Crippen molar-refractivity contribution in [1.29, 1.82) is 0 Å². The third-order valence-corrected chi connectivity index (χ3v) is 3.87. The fraction of sp³-hybridized carbons (Fsp3) is 0.250. The normalized spacial score (nSPS) is 20.0. The molecule has 0 heterocycles. The van der Waals surface area contributed by atoms with E-state index in [1.54, 1.807) is 12.1 Å². The van der Waals surface area contributed by atoms with Crippen molar-refractivity contribution < 1.29 is 9.66 Å². The second kappa shape index (κ2) is 5.74. The van der Waals surface area contributed by atoms with Gasteiger partial charge in [-0.1, -0.05) is 48.0 Å². The van der Waals surface area contributed by atoms with Crippen LogP contribution in [0.3, 0.4) is 0 Å². The molecule has 0 amide bonds. The van der Waals surface area contributed by atoms with Gasteiger partial charge in [-0.2, -0.15) is 0 Å². The first kappa shape index (κ1) is 13.9. The Morgan fingerprint density at radius 2 is 2.00 bits per heavy atom. The lowest BCUT2D eigenvalue weighted by Gasteiger charge is -2.11. The van der Waals surface area contributed by atoms with E-state index in [4.69, 9.17) is 16.3 Å². The van der Waals surface area contributed by atoms with Crippen LogP contribution in [0.2, 0.25) is 5.02 Å². The van der Waals surface area contributed by atoms with Crippen LogP contribution < -0.4 is 4.74 Å². The van der Waals surface area contributed by atoms with Crippen molar-refractivity contribution in [2.24, 2.45) is 0 Å². The van der Waals surface area contributed by atoms with E-state index in [0.29, 0.717) is 23.8 Å². The van der Waals surface area contributed by atoms with Gasteiger partial charge in [0.2, 0.25) is 6.04 Å². The molecule has 4 nitrogen and oxygen atoms in total. The Bertz CT molecular complexity index is 660. The van der Waals surface area contributed by atoms with E-state index in [0.717, 1.165) is 11.1 Å². The van der Waals surface area contributed by atoms with Gasteiger partial charge in [-0.3, -0.25) is 10.1 Å². The highest BCUT2D eigenvalue weighted by molar-refractivity contribution is 6.30. The average molecular weight is 304 g/mol. The first-order valence-corrected chi connectivity index (χ1v) is 7.12. The van der Waals surface area contributed by atoms with Crippen molar-refractivity contribution >= 4 is 11.6 Å². The molecule has 0 spiro atoms. The van der Waals surface area contributed by atoms with E-state index >= 15 is 0 Å². The first-order chi connectivity index (χ1) is 10.1. The number of halogens is 1. The number of benzene rings is 2. The smallest absolute Gasteiger partial charge is 0.221 e. The van der Waals surface area contributed by atoms with Crippen LogP contribution in [0.5, 0.6) is 5.75 Å². The molecule has 0 aliphatic heterocycles. The monoisotopic (exact) mass is 303 g/mol. The lowest BCUT2D eigenvalue weighted by molar-refractivity contribution is -0.496. The summed E-state index contributed by atoms with van der Waals surface area (Å²) < 4.78 is 5.83. The van der Waals surface area contributed by atoms with Gasteiger partial charge >= 0.3 is 0 Å². The molecular weight excluding hydrogens is 290 g/mol. The van der Waals surface area contributed by atoms with Crippen LogP contribution in [-0.2, 0) is 6.61 Å². The molecule has 1 aliphatic rings. The molecule has 2 aromatic carbocycles. The molecule has 2 aromatic rings. The number of hydrogen-bond acceptors (Lipinski definition) is 3. The van der Waals surface area contributed by atoms with Gasteiger partial charge in [0.05, 0.1) is 5.92 Å². The van der Waals surface area contributed by atoms with E-state index in [9.17, 15) is 10.1 Å². The molecule has 0 unspecified atom stereocenters. The second-order valence-corrected chi connectivity index (χ2v) is 5.59. The fourth-order valence-electron chi connectivity index (χ4n) is 2.42. The third kappa shape index (κ3) is 3.16. The fourth-order valence-corrected chi connectivity index (χ4v) is 2.59. The van der Waals surface area contributed by atoms with E-state index in [1.807, 2.05) is 36.4 Å². The van der Waals surface area contributed by atoms with Gasteiger partial charge < -0.3 is 4.74 Å². The van der Waals surface area contributed by atoms with Crippen molar-refractivity contribution in [3.63, 3.8) is 0 Å². The number of ether oxygens (including phenoxy) is 1. The zero-order valence-corrected chi connectivity index (χ0v) is 12.0. The minimum absolute atomic E-state index is 0.0666. The predicted octanol–water partition coefficient (Wildman–Crippen LogP) is 4.05. The number of nitro groups is 1. The Kier molecular flexibility index (Phi) is 3.80. The standard InChI is InChI=1S/C16H14ClNO3/c17-12-6-7-13(14-9-15(14)18(19)20)16(8-12)21-10-11-4-2-1-3-5-11/h1-8,14-15H,9-10H2/t14-,15+/m0/s1. The van der Waals surface area contributed by atoms with Gasteiger partial charge in [0.25, 0.3) is 0 Å². The van der Waals surface area contributed by atoms with Crippen LogP contribution in [0.1, 0.15) is 23.5 Å². The lowest BCUT2D eigenvalue weighted by atomic mass is 10.1. The molecule has 0 saturated heterocycles. The van der Waals surface area contributed by atoms with Gasteiger partial charge in [0.1, 0.15) is 12.4 Å². The van der Waals surface area contributed by atoms with E-state index < -0.39 is 6.04 Å². The van der Waals surface area contributed by atoms with Crippen LogP contribution in [-0.4, -0.2) is 11.0 Å². The molecule has 1 fully saturated rings. The third-order valence-electron chi connectivity index (χ3n) is 3.64. The maximum Gasteiger partial charge on any atom is 0.221 e. The molecule has 0 bridgehead atoms. The van der Waals surface area contributed by atoms with Crippen molar-refractivity contribution in [3.8, 4) is 5.75 Å². The van der Waals surface area contributed by atoms with E-state index in [1.165, 1.54) is 0 Å². The molecular formula is C16H14ClNO3. The molecule has 2 atom stereocenters. The van der Waals surface area contributed by atoms with Crippen molar-refractivity contribution in [2.75, 3.05) is 0 Å². The van der Waals surface area contributed by atoms with Crippen LogP contribution in [0.4, 0.5) is 0 Å². The number of nitrogens with zero attached hydrogens (tertiary/aromatic N) is 1. The molecule has 0 aromatic heterocycles. The van der Waals surface area contributed by atoms with Gasteiger partial charge in [-0.05, 0) is 17.7 Å². The second-order valence-electron chi connectivity index (χ2n) is 5.15. The van der Waals surface area contributed by atoms with Gasteiger partial charge in [-0.25, -0.2) is 0 Å². The predicted molar refractivity (Wildman–Crippen MR) is 80.4 cm³/mol. The summed E-state index contributed by atoms with van der Waals surface area (Å²) in [7, 11) is 0. The summed E-state index contributed by atoms with van der Waals surface area (Å²) in [5.41, 5.74) is 1.92.